The summed E-state index contributed by atoms with van der Waals surface area (Å²) >= 11 is 7.15. The van der Waals surface area contributed by atoms with Gasteiger partial charge in [0.25, 0.3) is 0 Å². The maximum absolute atomic E-state index is 12.4. The molecule has 0 unspecified atom stereocenters. The summed E-state index contributed by atoms with van der Waals surface area (Å²) in [6, 6.07) is 11.8. The molecule has 3 aromatic rings. The van der Waals surface area contributed by atoms with Gasteiger partial charge in [0.1, 0.15) is 6.04 Å². The molecule has 32 heavy (non-hydrogen) atoms. The molecule has 0 aliphatic heterocycles. The van der Waals surface area contributed by atoms with Crippen LogP contribution in [0, 0.1) is 6.92 Å². The molecule has 0 spiro atoms. The average Bonchev–Trinajstić information content (AvgIpc) is 3.07. The highest BCUT2D eigenvalue weighted by atomic mass is 35.5. The highest BCUT2D eigenvalue weighted by Gasteiger charge is 2.22. The smallest absolute Gasteiger partial charge is 0.326 e. The molecule has 2 aromatic carbocycles. The van der Waals surface area contributed by atoms with Gasteiger partial charge in [-0.15, -0.1) is 0 Å². The second-order valence-corrected chi connectivity index (χ2v) is 10.4. The second-order valence-electron chi connectivity index (χ2n) is 7.03. The Kier molecular flexibility index (Phi) is 7.17. The average molecular weight is 494 g/mol. The van der Waals surface area contributed by atoms with E-state index >= 15 is 0 Å². The van der Waals surface area contributed by atoms with Crippen molar-refractivity contribution in [3.63, 3.8) is 0 Å². The molecule has 3 N–H and O–H groups in total. The minimum absolute atomic E-state index is 0.00179. The zero-order chi connectivity index (χ0) is 23.5. The van der Waals surface area contributed by atoms with E-state index in [0.29, 0.717) is 16.1 Å². The predicted molar refractivity (Wildman–Crippen MR) is 124 cm³/mol. The molecule has 1 atom stereocenters. The summed E-state index contributed by atoms with van der Waals surface area (Å²) in [5.41, 5.74) is 1.94. The summed E-state index contributed by atoms with van der Waals surface area (Å²) in [4.78, 5) is 28.9. The van der Waals surface area contributed by atoms with Crippen molar-refractivity contribution in [3.8, 4) is 10.4 Å². The number of nitrogens with zero attached hydrogens (tertiary/aromatic N) is 1. The number of halogens is 1. The number of carboxylic acid groups (broad SMARTS) is 1. The van der Waals surface area contributed by atoms with Crippen molar-refractivity contribution >= 4 is 49.9 Å². The Labute approximate surface area is 194 Å². The number of nitrogens with one attached hydrogen (secondary N) is 2. The lowest BCUT2D eigenvalue weighted by Crippen LogP contribution is -2.44. The van der Waals surface area contributed by atoms with Gasteiger partial charge in [-0.25, -0.2) is 23.0 Å². The number of hydrogen-bond acceptors (Lipinski definition) is 6. The van der Waals surface area contributed by atoms with Gasteiger partial charge in [-0.1, -0.05) is 59.3 Å². The van der Waals surface area contributed by atoms with Crippen LogP contribution in [0.3, 0.4) is 0 Å². The van der Waals surface area contributed by atoms with Crippen LogP contribution < -0.4 is 10.6 Å². The van der Waals surface area contributed by atoms with E-state index in [0.717, 1.165) is 23.2 Å². The van der Waals surface area contributed by atoms with Gasteiger partial charge in [-0.2, -0.15) is 0 Å². The summed E-state index contributed by atoms with van der Waals surface area (Å²) in [7, 11) is -3.52. The van der Waals surface area contributed by atoms with Crippen LogP contribution in [-0.4, -0.2) is 42.8 Å². The molecule has 0 fully saturated rings. The third kappa shape index (κ3) is 5.84. The maximum Gasteiger partial charge on any atom is 0.326 e. The van der Waals surface area contributed by atoms with E-state index in [2.05, 4.69) is 15.6 Å². The first-order valence-corrected chi connectivity index (χ1v) is 12.4. The van der Waals surface area contributed by atoms with E-state index in [1.165, 1.54) is 12.1 Å². The first-order chi connectivity index (χ1) is 15.0. The molecule has 168 valence electrons. The van der Waals surface area contributed by atoms with Crippen LogP contribution in [0.25, 0.3) is 10.4 Å². The highest BCUT2D eigenvalue weighted by Crippen LogP contribution is 2.35. The lowest BCUT2D eigenvalue weighted by molar-refractivity contribution is -0.139. The Hall–Kier alpha value is -2.95. The standard InChI is InChI=1S/C21H20ClN3O5S2/c1-12-18(14-8-9-15(22)17(11-14)32(2,29)30)31-21(23-12)25-20(28)24-16(19(26)27)10-13-6-4-3-5-7-13/h3-9,11,16H,10H2,1-2H3,(H,26,27)(H2,23,24,25,28)/t16-/m0/s1. The molecule has 1 heterocycles. The number of carbonyl (C=O) groups excluding carboxylic acids is 1. The predicted octanol–water partition coefficient (Wildman–Crippen LogP) is 3.99. The first-order valence-electron chi connectivity index (χ1n) is 9.36. The van der Waals surface area contributed by atoms with Crippen LogP contribution in [-0.2, 0) is 21.1 Å². The fourth-order valence-corrected chi connectivity index (χ4v) is 5.25. The third-order valence-electron chi connectivity index (χ3n) is 4.50. The van der Waals surface area contributed by atoms with Gasteiger partial charge >= 0.3 is 12.0 Å². The second kappa shape index (κ2) is 9.68. The Balaban J connectivity index is 1.76. The van der Waals surface area contributed by atoms with E-state index < -0.39 is 27.9 Å². The van der Waals surface area contributed by atoms with E-state index in [-0.39, 0.29) is 21.5 Å². The molecule has 0 aliphatic carbocycles. The van der Waals surface area contributed by atoms with Gasteiger partial charge in [0.2, 0.25) is 0 Å². The Morgan fingerprint density at radius 3 is 2.50 bits per heavy atom. The Bertz CT molecular complexity index is 1260. The molecular formula is C21H20ClN3O5S2. The number of benzene rings is 2. The number of carboxylic acids is 1. The SMILES string of the molecule is Cc1nc(NC(=O)N[C@@H](Cc2ccccc2)C(=O)O)sc1-c1ccc(Cl)c(S(C)(=O)=O)c1. The van der Waals surface area contributed by atoms with Gasteiger partial charge in [0.05, 0.1) is 20.5 Å². The number of carbonyl (C=O) groups is 2. The molecule has 1 aromatic heterocycles. The Morgan fingerprint density at radius 2 is 1.88 bits per heavy atom. The van der Waals surface area contributed by atoms with Gasteiger partial charge in [0.15, 0.2) is 15.0 Å². The van der Waals surface area contributed by atoms with Crippen molar-refractivity contribution in [1.82, 2.24) is 10.3 Å². The largest absolute Gasteiger partial charge is 0.480 e. The number of urea groups is 1. The minimum Gasteiger partial charge on any atom is -0.480 e. The normalized spacial score (nSPS) is 12.2. The van der Waals surface area contributed by atoms with Gasteiger partial charge in [-0.05, 0) is 30.2 Å². The maximum atomic E-state index is 12.4. The van der Waals surface area contributed by atoms with Crippen molar-refractivity contribution in [2.45, 2.75) is 24.3 Å². The fourth-order valence-electron chi connectivity index (χ4n) is 2.99. The molecule has 0 aliphatic rings. The highest BCUT2D eigenvalue weighted by molar-refractivity contribution is 7.90. The number of aromatic nitrogens is 1. The monoisotopic (exact) mass is 493 g/mol. The molecule has 11 heteroatoms. The van der Waals surface area contributed by atoms with Gasteiger partial charge in [-0.3, -0.25) is 5.32 Å². The molecule has 2 amide bonds. The number of sulfone groups is 1. The number of hydrogen-bond donors (Lipinski definition) is 3. The zero-order valence-corrected chi connectivity index (χ0v) is 19.5. The van der Waals surface area contributed by atoms with Crippen molar-refractivity contribution in [3.05, 3.63) is 64.8 Å². The number of rotatable bonds is 7. The summed E-state index contributed by atoms with van der Waals surface area (Å²) in [6.45, 7) is 1.72. The van der Waals surface area contributed by atoms with E-state index in [4.69, 9.17) is 11.6 Å². The Morgan fingerprint density at radius 1 is 1.19 bits per heavy atom. The van der Waals surface area contributed by atoms with Crippen LogP contribution in [0.1, 0.15) is 11.3 Å². The zero-order valence-electron chi connectivity index (χ0n) is 17.1. The molecule has 3 rings (SSSR count). The van der Waals surface area contributed by atoms with Crippen LogP contribution in [0.15, 0.2) is 53.4 Å². The molecule has 0 saturated carbocycles. The number of aryl methyl sites for hydroxylation is 1. The number of thiazole rings is 1. The molecule has 0 radical (unpaired) electrons. The van der Waals surface area contributed by atoms with Crippen LogP contribution in [0.4, 0.5) is 9.93 Å². The van der Waals surface area contributed by atoms with Crippen LogP contribution >= 0.6 is 22.9 Å². The lowest BCUT2D eigenvalue weighted by Gasteiger charge is -2.14. The summed E-state index contributed by atoms with van der Waals surface area (Å²) < 4.78 is 23.9. The van der Waals surface area contributed by atoms with Crippen LogP contribution in [0.2, 0.25) is 5.02 Å². The quantitative estimate of drug-likeness (QED) is 0.457. The van der Waals surface area contributed by atoms with E-state index in [1.54, 1.807) is 37.3 Å². The number of amides is 2. The summed E-state index contributed by atoms with van der Waals surface area (Å²) in [5, 5.41) is 14.8. The topological polar surface area (TPSA) is 125 Å². The fraction of sp³-hybridized carbons (Fsp3) is 0.190. The van der Waals surface area contributed by atoms with E-state index in [1.807, 2.05) is 6.07 Å². The molecule has 0 saturated heterocycles. The number of anilines is 1. The van der Waals surface area contributed by atoms with Gasteiger partial charge in [0, 0.05) is 12.7 Å². The third-order valence-corrected chi connectivity index (χ3v) is 7.20. The molecule has 0 bridgehead atoms. The van der Waals surface area contributed by atoms with Crippen molar-refractivity contribution in [2.24, 2.45) is 0 Å². The lowest BCUT2D eigenvalue weighted by atomic mass is 10.1. The van der Waals surface area contributed by atoms with Crippen molar-refractivity contribution in [2.75, 3.05) is 11.6 Å². The summed E-state index contributed by atoms with van der Waals surface area (Å²) in [6.07, 6.45) is 1.20. The minimum atomic E-state index is -3.52. The summed E-state index contributed by atoms with van der Waals surface area (Å²) in [5.74, 6) is -1.16. The van der Waals surface area contributed by atoms with Crippen molar-refractivity contribution < 1.29 is 23.1 Å². The van der Waals surface area contributed by atoms with Crippen LogP contribution in [0.5, 0.6) is 0 Å². The molecular weight excluding hydrogens is 474 g/mol. The molecule has 8 nitrogen and oxygen atoms in total. The van der Waals surface area contributed by atoms with E-state index in [9.17, 15) is 23.1 Å². The number of aliphatic carboxylic acids is 1. The first kappa shape index (κ1) is 23.7. The van der Waals surface area contributed by atoms with Gasteiger partial charge < -0.3 is 10.4 Å². The van der Waals surface area contributed by atoms with Crippen molar-refractivity contribution in [1.29, 1.82) is 0 Å².